The van der Waals surface area contributed by atoms with E-state index in [0.717, 1.165) is 37.0 Å². The third-order valence-corrected chi connectivity index (χ3v) is 8.27. The van der Waals surface area contributed by atoms with Crippen LogP contribution in [0, 0.1) is 29.4 Å². The SMILES string of the molecule is CCCCCCCCC1CCC(C2CCC(c3ccc(OCCC)c(F)c3F)CC2)CC1. The van der Waals surface area contributed by atoms with E-state index < -0.39 is 11.6 Å². The first-order valence-corrected chi connectivity index (χ1v) is 13.7. The molecule has 0 saturated heterocycles. The fraction of sp³-hybridized carbons (Fsp3) is 0.793. The summed E-state index contributed by atoms with van der Waals surface area (Å²) in [5, 5.41) is 0. The summed E-state index contributed by atoms with van der Waals surface area (Å²) in [6, 6.07) is 3.39. The molecule has 2 fully saturated rings. The fourth-order valence-corrected chi connectivity index (χ4v) is 6.25. The van der Waals surface area contributed by atoms with E-state index in [2.05, 4.69) is 6.92 Å². The largest absolute Gasteiger partial charge is 0.490 e. The van der Waals surface area contributed by atoms with Gasteiger partial charge in [0, 0.05) is 0 Å². The minimum atomic E-state index is -0.804. The van der Waals surface area contributed by atoms with E-state index >= 15 is 0 Å². The zero-order valence-corrected chi connectivity index (χ0v) is 20.6. The van der Waals surface area contributed by atoms with E-state index in [4.69, 9.17) is 4.74 Å². The first-order chi connectivity index (χ1) is 15.6. The Morgan fingerprint density at radius 1 is 0.719 bits per heavy atom. The average molecular weight is 449 g/mol. The number of halogens is 2. The zero-order valence-electron chi connectivity index (χ0n) is 20.6. The summed E-state index contributed by atoms with van der Waals surface area (Å²) in [5.74, 6) is 1.34. The monoisotopic (exact) mass is 448 g/mol. The molecule has 0 radical (unpaired) electrons. The second-order valence-electron chi connectivity index (χ2n) is 10.6. The van der Waals surface area contributed by atoms with Crippen LogP contribution in [0.4, 0.5) is 8.78 Å². The Hall–Kier alpha value is -1.12. The maximum Gasteiger partial charge on any atom is 0.200 e. The molecule has 3 heteroatoms. The molecule has 0 heterocycles. The highest BCUT2D eigenvalue weighted by molar-refractivity contribution is 5.33. The molecule has 2 aliphatic rings. The second-order valence-corrected chi connectivity index (χ2v) is 10.6. The van der Waals surface area contributed by atoms with Crippen molar-refractivity contribution in [1.29, 1.82) is 0 Å². The van der Waals surface area contributed by atoms with Gasteiger partial charge in [-0.3, -0.25) is 0 Å². The van der Waals surface area contributed by atoms with Gasteiger partial charge in [0.05, 0.1) is 6.61 Å². The fourth-order valence-electron chi connectivity index (χ4n) is 6.25. The van der Waals surface area contributed by atoms with Crippen molar-refractivity contribution in [2.75, 3.05) is 6.61 Å². The van der Waals surface area contributed by atoms with Crippen molar-refractivity contribution in [2.24, 2.45) is 17.8 Å². The van der Waals surface area contributed by atoms with Crippen molar-refractivity contribution < 1.29 is 13.5 Å². The number of hydrogen-bond acceptors (Lipinski definition) is 1. The van der Waals surface area contributed by atoms with E-state index in [1.165, 1.54) is 83.5 Å². The van der Waals surface area contributed by atoms with Crippen LogP contribution in [0.2, 0.25) is 0 Å². The Bertz CT molecular complexity index is 657. The van der Waals surface area contributed by atoms with Crippen LogP contribution >= 0.6 is 0 Å². The van der Waals surface area contributed by atoms with Gasteiger partial charge in [0.1, 0.15) is 0 Å². The first-order valence-electron chi connectivity index (χ1n) is 13.7. The average Bonchev–Trinajstić information content (AvgIpc) is 2.83. The molecule has 0 amide bonds. The van der Waals surface area contributed by atoms with Crippen molar-refractivity contribution in [3.8, 4) is 5.75 Å². The summed E-state index contributed by atoms with van der Waals surface area (Å²) in [5.41, 5.74) is 0.562. The maximum atomic E-state index is 14.7. The lowest BCUT2D eigenvalue weighted by molar-refractivity contribution is 0.155. The van der Waals surface area contributed by atoms with E-state index in [-0.39, 0.29) is 11.7 Å². The molecular weight excluding hydrogens is 402 g/mol. The molecule has 1 aromatic rings. The quantitative estimate of drug-likeness (QED) is 0.289. The van der Waals surface area contributed by atoms with Gasteiger partial charge in [0.15, 0.2) is 11.6 Å². The Morgan fingerprint density at radius 2 is 1.34 bits per heavy atom. The van der Waals surface area contributed by atoms with Crippen LogP contribution in [0.25, 0.3) is 0 Å². The normalized spacial score (nSPS) is 26.2. The number of hydrogen-bond donors (Lipinski definition) is 0. The molecule has 0 aliphatic heterocycles. The number of ether oxygens (including phenoxy) is 1. The summed E-state index contributed by atoms with van der Waals surface area (Å²) >= 11 is 0. The van der Waals surface area contributed by atoms with Crippen molar-refractivity contribution in [2.45, 2.75) is 122 Å². The topological polar surface area (TPSA) is 9.23 Å². The van der Waals surface area contributed by atoms with Gasteiger partial charge in [-0.15, -0.1) is 0 Å². The van der Waals surface area contributed by atoms with Gasteiger partial charge < -0.3 is 4.74 Å². The number of rotatable bonds is 12. The molecule has 0 spiro atoms. The molecule has 0 atom stereocenters. The highest BCUT2D eigenvalue weighted by Gasteiger charge is 2.32. The van der Waals surface area contributed by atoms with Gasteiger partial charge in [0.2, 0.25) is 5.82 Å². The van der Waals surface area contributed by atoms with Crippen molar-refractivity contribution in [3.63, 3.8) is 0 Å². The van der Waals surface area contributed by atoms with Crippen molar-refractivity contribution >= 4 is 0 Å². The van der Waals surface area contributed by atoms with E-state index in [9.17, 15) is 8.78 Å². The summed E-state index contributed by atoms with van der Waals surface area (Å²) in [4.78, 5) is 0. The van der Waals surface area contributed by atoms with Crippen LogP contribution in [0.15, 0.2) is 12.1 Å². The molecule has 1 aromatic carbocycles. The van der Waals surface area contributed by atoms with Crippen LogP contribution in [0.3, 0.4) is 0 Å². The van der Waals surface area contributed by atoms with Gasteiger partial charge in [-0.1, -0.05) is 77.7 Å². The molecular formula is C29H46F2O. The second kappa shape index (κ2) is 13.6. The van der Waals surface area contributed by atoms with Gasteiger partial charge in [-0.25, -0.2) is 4.39 Å². The zero-order chi connectivity index (χ0) is 22.8. The molecule has 2 saturated carbocycles. The Balaban J connectivity index is 1.39. The molecule has 1 nitrogen and oxygen atoms in total. The minimum Gasteiger partial charge on any atom is -0.490 e. The third-order valence-electron chi connectivity index (χ3n) is 8.27. The summed E-state index contributed by atoms with van der Waals surface area (Å²) in [6.45, 7) is 4.66. The van der Waals surface area contributed by atoms with E-state index in [1.54, 1.807) is 12.1 Å². The van der Waals surface area contributed by atoms with E-state index in [0.29, 0.717) is 12.2 Å². The molecule has 0 aromatic heterocycles. The van der Waals surface area contributed by atoms with Crippen LogP contribution < -0.4 is 4.74 Å². The highest BCUT2D eigenvalue weighted by Crippen LogP contribution is 2.45. The number of unbranched alkanes of at least 4 members (excludes halogenated alkanes) is 5. The van der Waals surface area contributed by atoms with Crippen LogP contribution in [0.1, 0.15) is 128 Å². The van der Waals surface area contributed by atoms with E-state index in [1.807, 2.05) is 6.92 Å². The van der Waals surface area contributed by atoms with Crippen molar-refractivity contribution in [1.82, 2.24) is 0 Å². The summed E-state index contributed by atoms with van der Waals surface area (Å²) in [7, 11) is 0. The van der Waals surface area contributed by atoms with Gasteiger partial charge >= 0.3 is 0 Å². The molecule has 2 aliphatic carbocycles. The van der Waals surface area contributed by atoms with Gasteiger partial charge in [0.25, 0.3) is 0 Å². The number of benzene rings is 1. The molecule has 182 valence electrons. The lowest BCUT2D eigenvalue weighted by Gasteiger charge is -2.38. The Morgan fingerprint density at radius 3 is 2.00 bits per heavy atom. The predicted octanol–water partition coefficient (Wildman–Crippen LogP) is 9.58. The molecule has 3 rings (SSSR count). The maximum absolute atomic E-state index is 14.7. The summed E-state index contributed by atoms with van der Waals surface area (Å²) in [6.07, 6.45) is 20.6. The Kier molecular flexibility index (Phi) is 10.8. The van der Waals surface area contributed by atoms with Crippen LogP contribution in [0.5, 0.6) is 5.75 Å². The Labute approximate surface area is 195 Å². The summed E-state index contributed by atoms with van der Waals surface area (Å²) < 4.78 is 34.5. The van der Waals surface area contributed by atoms with Gasteiger partial charge in [-0.05, 0) is 80.2 Å². The third kappa shape index (κ3) is 7.19. The van der Waals surface area contributed by atoms with Crippen molar-refractivity contribution in [3.05, 3.63) is 29.3 Å². The molecule has 0 N–H and O–H groups in total. The molecule has 32 heavy (non-hydrogen) atoms. The van der Waals surface area contributed by atoms with Gasteiger partial charge in [-0.2, -0.15) is 4.39 Å². The predicted molar refractivity (Wildman–Crippen MR) is 130 cm³/mol. The molecule has 0 unspecified atom stereocenters. The van der Waals surface area contributed by atoms with Crippen LogP contribution in [-0.4, -0.2) is 6.61 Å². The highest BCUT2D eigenvalue weighted by atomic mass is 19.2. The minimum absolute atomic E-state index is 0.0551. The lowest BCUT2D eigenvalue weighted by atomic mass is 9.68. The first kappa shape index (κ1) is 25.5. The van der Waals surface area contributed by atoms with Crippen LogP contribution in [-0.2, 0) is 0 Å². The lowest BCUT2D eigenvalue weighted by Crippen LogP contribution is -2.25. The standard InChI is InChI=1S/C29H46F2O/c1-3-5-6-7-8-9-10-22-11-13-23(14-12-22)24-15-17-25(18-16-24)26-19-20-27(32-21-4-2)29(31)28(26)30/h19-20,22-25H,3-18,21H2,1-2H3. The smallest absolute Gasteiger partial charge is 0.200 e. The molecule has 0 bridgehead atoms.